The molecule has 376 valence electrons. The molecule has 0 aromatic carbocycles. The van der Waals surface area contributed by atoms with E-state index < -0.39 is 0 Å². The van der Waals surface area contributed by atoms with Gasteiger partial charge in [-0.05, 0) is 218 Å². The third-order valence-electron chi connectivity index (χ3n) is 22.5. The lowest BCUT2D eigenvalue weighted by atomic mass is 9.64. The molecule has 72 heavy (non-hydrogen) atoms. The number of hydrogen-bond acceptors (Lipinski definition) is 4. The van der Waals surface area contributed by atoms with Crippen LogP contribution in [0.25, 0.3) is 0 Å². The predicted molar refractivity (Wildman–Crippen MR) is 296 cm³/mol. The highest BCUT2D eigenvalue weighted by molar-refractivity contribution is 5.39. The van der Waals surface area contributed by atoms with E-state index in [4.69, 9.17) is 0 Å². The maximum Gasteiger partial charge on any atom is 0.0542 e. The number of nitrogens with zero attached hydrogens (tertiary/aromatic N) is 4. The Kier molecular flexibility index (Phi) is 11.7. The van der Waals surface area contributed by atoms with E-state index in [1.54, 1.807) is 22.8 Å². The SMILES string of the molecule is C1=CCCC(N2C3CCC(C4C=CC5C(C4)C4CC(C6C=CC7C(C6)C6CCC=CC6N7C6=CC=CCC6)C=CC4N5C4=CC=CC(C5CC6=C(CCCC6)N5C5CC=CCC5)C4)C=C3C3CCC=CC32)=C1. The lowest BCUT2D eigenvalue weighted by molar-refractivity contribution is 0.145. The van der Waals surface area contributed by atoms with Gasteiger partial charge in [0, 0.05) is 46.7 Å². The molecule has 15 rings (SSSR count). The van der Waals surface area contributed by atoms with Crippen molar-refractivity contribution in [2.24, 2.45) is 59.2 Å². The summed E-state index contributed by atoms with van der Waals surface area (Å²) in [4.78, 5) is 11.9. The van der Waals surface area contributed by atoms with Gasteiger partial charge in [0.15, 0.2) is 0 Å². The molecule has 3 fully saturated rings. The maximum absolute atomic E-state index is 3.06. The minimum atomic E-state index is 0.499. The topological polar surface area (TPSA) is 13.0 Å². The summed E-state index contributed by atoms with van der Waals surface area (Å²) in [5.74, 6) is 6.84. The van der Waals surface area contributed by atoms with E-state index in [1.165, 1.54) is 141 Å². The Hall–Kier alpha value is -4.44. The fraction of sp³-hybridized carbons (Fsp3) is 0.588. The predicted octanol–water partition coefficient (Wildman–Crippen LogP) is 14.9. The molecule has 3 saturated heterocycles. The van der Waals surface area contributed by atoms with E-state index in [-0.39, 0.29) is 0 Å². The summed E-state index contributed by atoms with van der Waals surface area (Å²) in [5.41, 5.74) is 10.3. The molecule has 0 saturated carbocycles. The van der Waals surface area contributed by atoms with Crippen LogP contribution in [0.2, 0.25) is 0 Å². The zero-order chi connectivity index (χ0) is 47.3. The van der Waals surface area contributed by atoms with Crippen molar-refractivity contribution in [2.75, 3.05) is 0 Å². The molecule has 0 bridgehead atoms. The van der Waals surface area contributed by atoms with Crippen LogP contribution in [0.3, 0.4) is 0 Å². The highest BCUT2D eigenvalue weighted by atomic mass is 15.3. The molecule has 18 unspecified atom stereocenters. The molecular formula is C68H84N4. The van der Waals surface area contributed by atoms with Crippen LogP contribution < -0.4 is 0 Å². The van der Waals surface area contributed by atoms with Crippen LogP contribution in [0.1, 0.15) is 141 Å². The van der Waals surface area contributed by atoms with Crippen molar-refractivity contribution >= 4 is 0 Å². The zero-order valence-corrected chi connectivity index (χ0v) is 43.4. The van der Waals surface area contributed by atoms with E-state index in [9.17, 15) is 0 Å². The van der Waals surface area contributed by atoms with Gasteiger partial charge in [-0.15, -0.1) is 0 Å². The van der Waals surface area contributed by atoms with E-state index in [0.29, 0.717) is 95.7 Å². The van der Waals surface area contributed by atoms with E-state index >= 15 is 0 Å². The standard InChI is InChI=1S/C68H84N4/c1-4-19-51(20-5-1)69-61-28-13-10-17-50(61)44-68(69)49-18-16-25-54(39-49)72-66-37-33-47(45-31-35-64-57(40-45)55-26-11-14-29-62(55)70(64)52-21-6-2-7-22-52)42-59(66)60-43-48(34-38-67(60)72)46-32-36-65-58(41-46)56-27-12-15-30-63(56)71(65)53-23-8-3-9-24-53/h1-4,6,8,14-16,18,21,23,25,29-31,33-35,37-38,41,45-49,51,55-57,59-60,62-68H,5,7,9-13,17,19-20,22,24,26-28,32,36,39-40,42-44H2. The monoisotopic (exact) mass is 957 g/mol. The summed E-state index contributed by atoms with van der Waals surface area (Å²) in [6.45, 7) is 0. The fourth-order valence-corrected chi connectivity index (χ4v) is 19.4. The Bertz CT molecular complexity index is 2580. The molecule has 0 spiro atoms. The van der Waals surface area contributed by atoms with Gasteiger partial charge in [0.1, 0.15) is 0 Å². The lowest BCUT2D eigenvalue weighted by Crippen LogP contribution is -2.45. The summed E-state index contributed by atoms with van der Waals surface area (Å²) in [6.07, 6.45) is 85.4. The normalized spacial score (nSPS) is 44.2. The summed E-state index contributed by atoms with van der Waals surface area (Å²) in [6, 6.07) is 4.60. The van der Waals surface area contributed by atoms with Crippen molar-refractivity contribution in [3.63, 3.8) is 0 Å². The first-order valence-electron chi connectivity index (χ1n) is 30.4. The van der Waals surface area contributed by atoms with Crippen LogP contribution in [-0.4, -0.2) is 67.9 Å². The first-order valence-corrected chi connectivity index (χ1v) is 30.4. The van der Waals surface area contributed by atoms with Crippen molar-refractivity contribution in [3.8, 4) is 0 Å². The number of fused-ring (bicyclic) bond motifs is 9. The van der Waals surface area contributed by atoms with Crippen LogP contribution in [0.4, 0.5) is 0 Å². The van der Waals surface area contributed by atoms with E-state index in [1.807, 2.05) is 11.1 Å². The molecule has 4 heterocycles. The summed E-state index contributed by atoms with van der Waals surface area (Å²) >= 11 is 0. The van der Waals surface area contributed by atoms with Gasteiger partial charge in [0.2, 0.25) is 0 Å². The van der Waals surface area contributed by atoms with Crippen molar-refractivity contribution in [3.05, 3.63) is 168 Å². The lowest BCUT2D eigenvalue weighted by Gasteiger charge is -2.44. The summed E-state index contributed by atoms with van der Waals surface area (Å²) in [7, 11) is 0. The van der Waals surface area contributed by atoms with Crippen LogP contribution >= 0.6 is 0 Å². The van der Waals surface area contributed by atoms with Gasteiger partial charge >= 0.3 is 0 Å². The number of allylic oxidation sites excluding steroid dienone is 19. The van der Waals surface area contributed by atoms with Gasteiger partial charge in [-0.25, -0.2) is 0 Å². The summed E-state index contributed by atoms with van der Waals surface area (Å²) in [5, 5.41) is 0. The molecule has 11 aliphatic carbocycles. The van der Waals surface area contributed by atoms with Crippen LogP contribution in [-0.2, 0) is 0 Å². The smallest absolute Gasteiger partial charge is 0.0542 e. The van der Waals surface area contributed by atoms with Gasteiger partial charge < -0.3 is 19.6 Å². The third-order valence-corrected chi connectivity index (χ3v) is 22.5. The van der Waals surface area contributed by atoms with E-state index in [2.05, 4.69) is 153 Å². The van der Waals surface area contributed by atoms with Crippen LogP contribution in [0.15, 0.2) is 168 Å². The molecule has 4 nitrogen and oxygen atoms in total. The molecule has 15 aliphatic rings. The van der Waals surface area contributed by atoms with Crippen molar-refractivity contribution < 1.29 is 0 Å². The third kappa shape index (κ3) is 7.52. The molecule has 0 aromatic rings. The molecule has 18 atom stereocenters. The van der Waals surface area contributed by atoms with E-state index in [0.717, 1.165) is 11.8 Å². The highest BCUT2D eigenvalue weighted by Gasteiger charge is 2.55. The number of hydrogen-bond donors (Lipinski definition) is 0. The molecule has 4 heteroatoms. The molecule has 4 aliphatic heterocycles. The number of likely N-dealkylation sites (tertiary alicyclic amines) is 3. The number of rotatable bonds is 7. The molecular weight excluding hydrogens is 873 g/mol. The highest BCUT2D eigenvalue weighted by Crippen LogP contribution is 2.57. The average molecular weight is 957 g/mol. The van der Waals surface area contributed by atoms with Crippen molar-refractivity contribution in [2.45, 2.75) is 190 Å². The summed E-state index contributed by atoms with van der Waals surface area (Å²) < 4.78 is 0. The second-order valence-electron chi connectivity index (χ2n) is 25.8. The molecule has 0 radical (unpaired) electrons. The van der Waals surface area contributed by atoms with Crippen LogP contribution in [0, 0.1) is 59.2 Å². The Morgan fingerprint density at radius 1 is 0.403 bits per heavy atom. The van der Waals surface area contributed by atoms with Gasteiger partial charge in [0.05, 0.1) is 36.3 Å². The van der Waals surface area contributed by atoms with Gasteiger partial charge in [-0.3, -0.25) is 0 Å². The Labute approximate surface area is 433 Å². The van der Waals surface area contributed by atoms with Crippen LogP contribution in [0.5, 0.6) is 0 Å². The van der Waals surface area contributed by atoms with Crippen molar-refractivity contribution in [1.29, 1.82) is 0 Å². The second-order valence-corrected chi connectivity index (χ2v) is 25.8. The largest absolute Gasteiger partial charge is 0.368 e. The van der Waals surface area contributed by atoms with Crippen molar-refractivity contribution in [1.82, 2.24) is 19.6 Å². The Balaban J connectivity index is 0.733. The minimum absolute atomic E-state index is 0.499. The second kappa shape index (κ2) is 18.7. The Morgan fingerprint density at radius 3 is 1.76 bits per heavy atom. The average Bonchev–Trinajstić information content (AvgIpc) is 4.20. The first-order chi connectivity index (χ1) is 35.7. The van der Waals surface area contributed by atoms with Gasteiger partial charge in [-0.2, -0.15) is 0 Å². The Morgan fingerprint density at radius 2 is 1.04 bits per heavy atom. The maximum atomic E-state index is 3.06. The molecule has 0 amide bonds. The minimum Gasteiger partial charge on any atom is -0.368 e. The fourth-order valence-electron chi connectivity index (χ4n) is 19.4. The molecule has 0 aromatic heterocycles. The molecule has 0 N–H and O–H groups in total. The first kappa shape index (κ1) is 45.0. The zero-order valence-electron chi connectivity index (χ0n) is 43.4. The quantitative estimate of drug-likeness (QED) is 0.236. The van der Waals surface area contributed by atoms with Gasteiger partial charge in [-0.1, -0.05) is 115 Å². The van der Waals surface area contributed by atoms with Gasteiger partial charge in [0.25, 0.3) is 0 Å².